The number of carbonyl (C=O) groups is 3. The molecule has 2 N–H and O–H groups in total. The van der Waals surface area contributed by atoms with Crippen molar-refractivity contribution in [2.75, 3.05) is 66.6 Å². The van der Waals surface area contributed by atoms with Crippen LogP contribution in [0.2, 0.25) is 0 Å². The summed E-state index contributed by atoms with van der Waals surface area (Å²) in [5.41, 5.74) is 0. The van der Waals surface area contributed by atoms with Crippen LogP contribution in [0.5, 0.6) is 0 Å². The van der Waals surface area contributed by atoms with Crippen LogP contribution in [0, 0.1) is 29.6 Å². The van der Waals surface area contributed by atoms with Crippen LogP contribution >= 0.6 is 0 Å². The first-order valence-electron chi connectivity index (χ1n) is 24.6. The largest absolute Gasteiger partial charge is 0.469 e. The molecule has 0 saturated heterocycles. The van der Waals surface area contributed by atoms with Gasteiger partial charge in [-0.1, -0.05) is 95.6 Å². The van der Waals surface area contributed by atoms with E-state index < -0.39 is 0 Å². The van der Waals surface area contributed by atoms with Crippen molar-refractivity contribution in [2.45, 2.75) is 175 Å². The minimum atomic E-state index is -0.377. The van der Waals surface area contributed by atoms with Crippen molar-refractivity contribution >= 4 is 17.7 Å². The smallest absolute Gasteiger partial charge is 0.306 e. The lowest BCUT2D eigenvalue weighted by atomic mass is 9.84. The van der Waals surface area contributed by atoms with E-state index in [2.05, 4.69) is 42.9 Å². The lowest BCUT2D eigenvalue weighted by molar-refractivity contribution is -0.147. The number of aliphatic hydroxyl groups is 2. The minimum absolute atomic E-state index is 0.0186. The van der Waals surface area contributed by atoms with Crippen molar-refractivity contribution in [3.8, 4) is 0 Å². The van der Waals surface area contributed by atoms with Crippen molar-refractivity contribution in [1.82, 2.24) is 0 Å². The minimum Gasteiger partial charge on any atom is -0.469 e. The Morgan fingerprint density at radius 3 is 1.76 bits per heavy atom. The van der Waals surface area contributed by atoms with Gasteiger partial charge in [0.05, 0.1) is 45.7 Å². The number of aliphatic hydroxyl groups excluding tert-OH is 2. The molecule has 62 heavy (non-hydrogen) atoms. The number of rotatable bonds is 38. The Bertz CT molecular complexity index is 1180. The number of ether oxygens (including phenoxy) is 6. The molecular formula is C51H90O11. The Kier molecular flexibility index (Phi) is 37.3. The lowest BCUT2D eigenvalue weighted by Gasteiger charge is -2.24. The van der Waals surface area contributed by atoms with Crippen LogP contribution in [-0.4, -0.2) is 107 Å². The summed E-state index contributed by atoms with van der Waals surface area (Å²) in [6, 6.07) is 0. The van der Waals surface area contributed by atoms with E-state index in [1.807, 2.05) is 19.9 Å². The fourth-order valence-corrected chi connectivity index (χ4v) is 8.14. The standard InChI is InChI=1S/C26H44O5.C25H46O6/c1-4-5-6-9-12-18-29-20-21-30-19-17-23-15-16-25(27)24(23)13-10-7-8-11-14-26(28)31-22(2)3;1-3-4-5-8-11-15-30-17-18-31-16-14-22-21(20-26)19-24(27)23(22)12-9-6-7-10-13-25(28)29-2/h7,10,15-16,22-24H,4-6,8-9,11-14,17-21H2,1-3H3;6,9,21-24,26-27H,3-5,7-8,10-20H2,1-2H3/b10-7-;/t23-,24-;21-,22-,23+,24-/m10/s1. The van der Waals surface area contributed by atoms with Gasteiger partial charge in [-0.2, -0.15) is 0 Å². The quantitative estimate of drug-likeness (QED) is 0.0347. The second kappa shape index (κ2) is 40.1. The molecule has 1 fully saturated rings. The zero-order valence-corrected chi connectivity index (χ0v) is 39.8. The number of methoxy groups -OCH3 is 1. The lowest BCUT2D eigenvalue weighted by Crippen LogP contribution is -2.23. The molecule has 0 radical (unpaired) electrons. The number of hydrogen-bond acceptors (Lipinski definition) is 11. The van der Waals surface area contributed by atoms with Crippen LogP contribution in [0.3, 0.4) is 0 Å². The molecule has 2 aliphatic rings. The summed E-state index contributed by atoms with van der Waals surface area (Å²) in [6.07, 6.45) is 32.1. The van der Waals surface area contributed by atoms with Gasteiger partial charge in [0.15, 0.2) is 5.78 Å². The average molecular weight is 879 g/mol. The fourth-order valence-electron chi connectivity index (χ4n) is 8.14. The molecule has 360 valence electrons. The van der Waals surface area contributed by atoms with Gasteiger partial charge in [0.2, 0.25) is 0 Å². The molecule has 0 aliphatic heterocycles. The van der Waals surface area contributed by atoms with Gasteiger partial charge >= 0.3 is 11.9 Å². The van der Waals surface area contributed by atoms with Crippen LogP contribution in [0.4, 0.5) is 0 Å². The molecule has 0 heterocycles. The highest BCUT2D eigenvalue weighted by Gasteiger charge is 2.40. The molecular weight excluding hydrogens is 789 g/mol. The van der Waals surface area contributed by atoms with E-state index in [1.54, 1.807) is 6.08 Å². The summed E-state index contributed by atoms with van der Waals surface area (Å²) in [4.78, 5) is 34.8. The number of hydrogen-bond donors (Lipinski definition) is 2. The van der Waals surface area contributed by atoms with Gasteiger partial charge in [0.1, 0.15) is 0 Å². The third-order valence-corrected chi connectivity index (χ3v) is 11.8. The molecule has 11 heteroatoms. The van der Waals surface area contributed by atoms with E-state index in [9.17, 15) is 24.6 Å². The average Bonchev–Trinajstić information content (AvgIpc) is 3.77. The Hall–Kier alpha value is -2.41. The van der Waals surface area contributed by atoms with E-state index in [0.717, 1.165) is 77.4 Å². The molecule has 2 rings (SSSR count). The normalized spacial score (nSPS) is 21.1. The third kappa shape index (κ3) is 29.9. The number of esters is 2. The monoisotopic (exact) mass is 879 g/mol. The van der Waals surface area contributed by atoms with E-state index >= 15 is 0 Å². The molecule has 0 spiro atoms. The van der Waals surface area contributed by atoms with Gasteiger partial charge in [-0.3, -0.25) is 14.4 Å². The topological polar surface area (TPSA) is 147 Å². The van der Waals surface area contributed by atoms with Crippen LogP contribution in [0.25, 0.3) is 0 Å². The van der Waals surface area contributed by atoms with Crippen molar-refractivity contribution in [3.05, 3.63) is 36.5 Å². The van der Waals surface area contributed by atoms with Crippen molar-refractivity contribution < 1.29 is 53.0 Å². The van der Waals surface area contributed by atoms with Gasteiger partial charge in [0.25, 0.3) is 0 Å². The van der Waals surface area contributed by atoms with Crippen LogP contribution in [-0.2, 0) is 42.8 Å². The van der Waals surface area contributed by atoms with Crippen molar-refractivity contribution in [2.24, 2.45) is 29.6 Å². The number of ketones is 1. The molecule has 0 bridgehead atoms. The van der Waals surface area contributed by atoms with Crippen molar-refractivity contribution in [3.63, 3.8) is 0 Å². The maximum Gasteiger partial charge on any atom is 0.306 e. The van der Waals surface area contributed by atoms with E-state index in [4.69, 9.17) is 23.7 Å². The van der Waals surface area contributed by atoms with Gasteiger partial charge in [-0.15, -0.1) is 0 Å². The highest BCUT2D eigenvalue weighted by molar-refractivity contribution is 5.94. The van der Waals surface area contributed by atoms with Crippen LogP contribution in [0.15, 0.2) is 36.5 Å². The maximum absolute atomic E-state index is 12.2. The molecule has 2 aliphatic carbocycles. The summed E-state index contributed by atoms with van der Waals surface area (Å²) in [5, 5.41) is 20.2. The van der Waals surface area contributed by atoms with Gasteiger partial charge in [-0.25, -0.2) is 0 Å². The predicted octanol–water partition coefficient (Wildman–Crippen LogP) is 10.1. The van der Waals surface area contributed by atoms with E-state index in [1.165, 1.54) is 58.5 Å². The highest BCUT2D eigenvalue weighted by atomic mass is 16.5. The molecule has 0 amide bonds. The van der Waals surface area contributed by atoms with Gasteiger partial charge in [-0.05, 0) is 114 Å². The fraction of sp³-hybridized carbons (Fsp3) is 0.824. The molecule has 0 aromatic rings. The van der Waals surface area contributed by atoms with E-state index in [0.29, 0.717) is 58.9 Å². The molecule has 1 saturated carbocycles. The first kappa shape index (κ1) is 57.6. The van der Waals surface area contributed by atoms with E-state index in [-0.39, 0.29) is 66.1 Å². The molecule has 11 nitrogen and oxygen atoms in total. The number of carbonyl (C=O) groups excluding carboxylic acids is 3. The SMILES string of the molecule is CCCCCCCOCCOCC[C@H]1C=CC(=O)[C@@H]1C/C=C\CCCC(=O)OC(C)C.CCCCCCCOCCOCC[C@H]1[C@H](CO)C[C@H](O)[C@@H]1CC=CCCCC(=O)OC. The third-order valence-electron chi connectivity index (χ3n) is 11.8. The Balaban J connectivity index is 0.000000620. The first-order valence-corrected chi connectivity index (χ1v) is 24.6. The van der Waals surface area contributed by atoms with Crippen LogP contribution < -0.4 is 0 Å². The summed E-state index contributed by atoms with van der Waals surface area (Å²) < 4.78 is 32.5. The first-order chi connectivity index (χ1) is 30.2. The van der Waals surface area contributed by atoms with Crippen molar-refractivity contribution in [1.29, 1.82) is 0 Å². The summed E-state index contributed by atoms with van der Waals surface area (Å²) in [6.45, 7) is 13.7. The number of unbranched alkanes of at least 4 members (excludes halogenated alkanes) is 10. The molecule has 0 unspecified atom stereocenters. The Labute approximate surface area is 377 Å². The zero-order valence-electron chi connectivity index (χ0n) is 39.8. The Morgan fingerprint density at radius 1 is 0.677 bits per heavy atom. The second-order valence-corrected chi connectivity index (χ2v) is 17.3. The molecule has 0 aromatic heterocycles. The number of allylic oxidation sites excluding steroid dienone is 6. The summed E-state index contributed by atoms with van der Waals surface area (Å²) >= 11 is 0. The van der Waals surface area contributed by atoms with Gasteiger partial charge < -0.3 is 38.6 Å². The Morgan fingerprint density at radius 2 is 1.21 bits per heavy atom. The second-order valence-electron chi connectivity index (χ2n) is 17.3. The summed E-state index contributed by atoms with van der Waals surface area (Å²) in [5.74, 6) is 0.704. The highest BCUT2D eigenvalue weighted by Crippen LogP contribution is 2.41. The molecule has 6 atom stereocenters. The maximum atomic E-state index is 12.2. The predicted molar refractivity (Wildman–Crippen MR) is 248 cm³/mol. The summed E-state index contributed by atoms with van der Waals surface area (Å²) in [7, 11) is 1.41. The van der Waals surface area contributed by atoms with Gasteiger partial charge in [0, 0.05) is 51.8 Å². The molecule has 0 aromatic carbocycles. The zero-order chi connectivity index (χ0) is 45.5. The van der Waals surface area contributed by atoms with Crippen LogP contribution in [0.1, 0.15) is 163 Å².